The maximum absolute atomic E-state index is 12.1. The summed E-state index contributed by atoms with van der Waals surface area (Å²) >= 11 is 9.42. The highest BCUT2D eigenvalue weighted by atomic mass is 79.9. The van der Waals surface area contributed by atoms with Gasteiger partial charge in [0.2, 0.25) is 5.76 Å². The van der Waals surface area contributed by atoms with Crippen LogP contribution in [0.25, 0.3) is 0 Å². The molecule has 0 saturated heterocycles. The lowest BCUT2D eigenvalue weighted by Crippen LogP contribution is -2.17. The van der Waals surface area contributed by atoms with E-state index in [1.807, 2.05) is 0 Å². The Labute approximate surface area is 180 Å². The number of nitrogens with zero attached hydrogens (tertiary/aromatic N) is 1. The number of oxime groups is 1. The Morgan fingerprint density at radius 1 is 1.24 bits per heavy atom. The number of nitrogen functional groups attached to an aromatic ring is 1. The van der Waals surface area contributed by atoms with E-state index in [9.17, 15) is 4.79 Å². The van der Waals surface area contributed by atoms with Crippen molar-refractivity contribution in [1.82, 2.24) is 0 Å². The van der Waals surface area contributed by atoms with Crippen molar-refractivity contribution in [3.8, 4) is 5.75 Å². The van der Waals surface area contributed by atoms with Crippen LogP contribution in [0.5, 0.6) is 5.75 Å². The summed E-state index contributed by atoms with van der Waals surface area (Å²) in [6, 6.07) is 13.5. The zero-order valence-electron chi connectivity index (χ0n) is 15.3. The van der Waals surface area contributed by atoms with Crippen LogP contribution in [0.15, 0.2) is 62.6 Å². The minimum absolute atomic E-state index is 0.0307. The number of ether oxygens (including phenoxy) is 1. The van der Waals surface area contributed by atoms with Gasteiger partial charge in [0.05, 0.1) is 5.02 Å². The number of amidine groups is 1. The summed E-state index contributed by atoms with van der Waals surface area (Å²) in [5, 5.41) is 4.12. The molecule has 150 valence electrons. The maximum Gasteiger partial charge on any atom is 0.400 e. The van der Waals surface area contributed by atoms with Gasteiger partial charge in [-0.2, -0.15) is 0 Å². The van der Waals surface area contributed by atoms with Crippen LogP contribution in [0.4, 0.5) is 5.69 Å². The normalized spacial score (nSPS) is 11.3. The Hall–Kier alpha value is -2.97. The smallest absolute Gasteiger partial charge is 0.400 e. The number of rotatable bonds is 6. The molecule has 0 aliphatic heterocycles. The Morgan fingerprint density at radius 3 is 2.79 bits per heavy atom. The van der Waals surface area contributed by atoms with E-state index in [0.29, 0.717) is 27.8 Å². The van der Waals surface area contributed by atoms with Gasteiger partial charge in [-0.1, -0.05) is 44.8 Å². The van der Waals surface area contributed by atoms with Crippen LogP contribution < -0.4 is 16.2 Å². The summed E-state index contributed by atoms with van der Waals surface area (Å²) in [7, 11) is 0. The third-order valence-electron chi connectivity index (χ3n) is 4.01. The highest BCUT2D eigenvalue weighted by Gasteiger charge is 2.15. The SMILES string of the molecule is Cc1c(N)cccc1/C(N)=N/OC(=O)c1ccc(COc2ccc(Br)cc2Cl)o1. The maximum atomic E-state index is 12.1. The summed E-state index contributed by atoms with van der Waals surface area (Å²) in [4.78, 5) is 17.0. The van der Waals surface area contributed by atoms with Crippen LogP contribution >= 0.6 is 27.5 Å². The van der Waals surface area contributed by atoms with Gasteiger partial charge in [-0.3, -0.25) is 0 Å². The summed E-state index contributed by atoms with van der Waals surface area (Å²) in [5.41, 5.74) is 13.6. The van der Waals surface area contributed by atoms with E-state index in [0.717, 1.165) is 10.0 Å². The molecule has 3 aromatic rings. The van der Waals surface area contributed by atoms with E-state index < -0.39 is 5.97 Å². The quantitative estimate of drug-likeness (QED) is 0.175. The molecule has 0 bridgehead atoms. The van der Waals surface area contributed by atoms with Crippen molar-refractivity contribution in [1.29, 1.82) is 0 Å². The number of anilines is 1. The lowest BCUT2D eigenvalue weighted by atomic mass is 10.1. The molecule has 0 spiro atoms. The number of carbonyl (C=O) groups excluding carboxylic acids is 1. The molecule has 0 fully saturated rings. The minimum atomic E-state index is -0.789. The third-order valence-corrected chi connectivity index (χ3v) is 4.79. The monoisotopic (exact) mass is 477 g/mol. The second kappa shape index (κ2) is 9.02. The summed E-state index contributed by atoms with van der Waals surface area (Å²) < 4.78 is 11.9. The molecule has 1 aromatic heterocycles. The Kier molecular flexibility index (Phi) is 6.46. The third kappa shape index (κ3) is 5.10. The molecule has 0 saturated carbocycles. The number of halogens is 2. The van der Waals surface area contributed by atoms with Crippen molar-refractivity contribution in [2.24, 2.45) is 10.9 Å². The molecule has 0 radical (unpaired) electrons. The molecule has 3 rings (SSSR count). The zero-order chi connectivity index (χ0) is 21.0. The number of nitrogens with two attached hydrogens (primary N) is 2. The molecule has 1 heterocycles. The summed E-state index contributed by atoms with van der Waals surface area (Å²) in [6.07, 6.45) is 0. The van der Waals surface area contributed by atoms with Crippen LogP contribution in [-0.2, 0) is 11.4 Å². The molecule has 7 nitrogen and oxygen atoms in total. The Balaban J connectivity index is 1.62. The van der Waals surface area contributed by atoms with Gasteiger partial charge in [-0.05, 0) is 48.9 Å². The fraction of sp³-hybridized carbons (Fsp3) is 0.100. The van der Waals surface area contributed by atoms with Gasteiger partial charge in [0, 0.05) is 15.7 Å². The summed E-state index contributed by atoms with van der Waals surface area (Å²) in [5.74, 6) is 0.113. The van der Waals surface area contributed by atoms with Gasteiger partial charge < -0.3 is 25.5 Å². The molecule has 0 atom stereocenters. The van der Waals surface area contributed by atoms with Crippen molar-refractivity contribution in [3.05, 3.63) is 80.7 Å². The first-order chi connectivity index (χ1) is 13.8. The van der Waals surface area contributed by atoms with Crippen LogP contribution in [0.2, 0.25) is 5.02 Å². The van der Waals surface area contributed by atoms with Gasteiger partial charge >= 0.3 is 5.97 Å². The fourth-order valence-corrected chi connectivity index (χ4v) is 3.15. The van der Waals surface area contributed by atoms with E-state index in [1.54, 1.807) is 49.4 Å². The van der Waals surface area contributed by atoms with Gasteiger partial charge in [-0.15, -0.1) is 0 Å². The lowest BCUT2D eigenvalue weighted by molar-refractivity contribution is 0.0475. The first kappa shape index (κ1) is 20.8. The molecule has 9 heteroatoms. The van der Waals surface area contributed by atoms with Crippen molar-refractivity contribution in [2.75, 3.05) is 5.73 Å². The predicted molar refractivity (Wildman–Crippen MR) is 114 cm³/mol. The highest BCUT2D eigenvalue weighted by Crippen LogP contribution is 2.28. The van der Waals surface area contributed by atoms with Crippen LogP contribution in [-0.4, -0.2) is 11.8 Å². The molecule has 2 aromatic carbocycles. The standard InChI is InChI=1S/C20H17BrClN3O4/c1-11-14(3-2-4-16(11)23)19(24)25-29-20(26)18-8-6-13(28-18)10-27-17-7-5-12(21)9-15(17)22/h2-9H,10,23H2,1H3,(H2,24,25). The minimum Gasteiger partial charge on any atom is -0.484 e. The van der Waals surface area contributed by atoms with Gasteiger partial charge in [0.25, 0.3) is 0 Å². The van der Waals surface area contributed by atoms with E-state index >= 15 is 0 Å². The first-order valence-corrected chi connectivity index (χ1v) is 9.59. The fourth-order valence-electron chi connectivity index (χ4n) is 2.42. The van der Waals surface area contributed by atoms with Crippen molar-refractivity contribution < 1.29 is 18.8 Å². The number of benzene rings is 2. The molecule has 29 heavy (non-hydrogen) atoms. The molecule has 4 N–H and O–H groups in total. The van der Waals surface area contributed by atoms with Crippen LogP contribution in [0, 0.1) is 6.92 Å². The van der Waals surface area contributed by atoms with E-state index in [1.165, 1.54) is 6.07 Å². The number of hydrogen-bond donors (Lipinski definition) is 2. The first-order valence-electron chi connectivity index (χ1n) is 8.42. The predicted octanol–water partition coefficient (Wildman–Crippen LogP) is 4.64. The van der Waals surface area contributed by atoms with E-state index in [-0.39, 0.29) is 18.2 Å². The molecule has 0 unspecified atom stereocenters. The summed E-state index contributed by atoms with van der Waals surface area (Å²) in [6.45, 7) is 1.88. The van der Waals surface area contributed by atoms with E-state index in [4.69, 9.17) is 37.1 Å². The molecular formula is C20H17BrClN3O4. The van der Waals surface area contributed by atoms with Crippen molar-refractivity contribution in [3.63, 3.8) is 0 Å². The topological polar surface area (TPSA) is 113 Å². The number of hydrogen-bond acceptors (Lipinski definition) is 6. The van der Waals surface area contributed by atoms with Gasteiger partial charge in [0.1, 0.15) is 18.1 Å². The zero-order valence-corrected chi connectivity index (χ0v) is 17.7. The lowest BCUT2D eigenvalue weighted by Gasteiger charge is -2.07. The van der Waals surface area contributed by atoms with Crippen LogP contribution in [0.3, 0.4) is 0 Å². The number of carbonyl (C=O) groups is 1. The van der Waals surface area contributed by atoms with E-state index in [2.05, 4.69) is 21.1 Å². The average Bonchev–Trinajstić information content (AvgIpc) is 3.16. The van der Waals surface area contributed by atoms with Crippen molar-refractivity contribution in [2.45, 2.75) is 13.5 Å². The second-order valence-corrected chi connectivity index (χ2v) is 7.33. The number of furan rings is 1. The average molecular weight is 479 g/mol. The second-order valence-electron chi connectivity index (χ2n) is 6.00. The molecular weight excluding hydrogens is 462 g/mol. The Bertz CT molecular complexity index is 1080. The molecule has 0 amide bonds. The van der Waals surface area contributed by atoms with Gasteiger partial charge in [-0.25, -0.2) is 4.79 Å². The van der Waals surface area contributed by atoms with Crippen LogP contribution in [0.1, 0.15) is 27.4 Å². The van der Waals surface area contributed by atoms with Crippen molar-refractivity contribution >= 4 is 45.0 Å². The highest BCUT2D eigenvalue weighted by molar-refractivity contribution is 9.10. The molecule has 0 aliphatic rings. The largest absolute Gasteiger partial charge is 0.484 e. The van der Waals surface area contributed by atoms with Gasteiger partial charge in [0.15, 0.2) is 5.84 Å². The molecule has 0 aliphatic carbocycles. The Morgan fingerprint density at radius 2 is 2.03 bits per heavy atom.